The van der Waals surface area contributed by atoms with Gasteiger partial charge < -0.3 is 5.32 Å². The maximum atomic E-state index is 12.3. The summed E-state index contributed by atoms with van der Waals surface area (Å²) in [5.41, 5.74) is 1.36. The molecular weight excluding hydrogens is 384 g/mol. The number of benzene rings is 1. The molecule has 0 atom stereocenters. The van der Waals surface area contributed by atoms with Crippen molar-refractivity contribution in [1.29, 1.82) is 0 Å². The highest BCUT2D eigenvalue weighted by atomic mass is 32.1. The number of rotatable bonds is 7. The third kappa shape index (κ3) is 4.96. The van der Waals surface area contributed by atoms with E-state index in [0.29, 0.717) is 22.5 Å². The van der Waals surface area contributed by atoms with E-state index in [2.05, 4.69) is 5.32 Å². The van der Waals surface area contributed by atoms with Crippen molar-refractivity contribution >= 4 is 46.1 Å². The molecule has 1 N–H and O–H groups in total. The third-order valence-corrected chi connectivity index (χ3v) is 5.40. The monoisotopic (exact) mass is 398 g/mol. The number of hydrogen-bond acceptors (Lipinski definition) is 6. The predicted molar refractivity (Wildman–Crippen MR) is 106 cm³/mol. The zero-order valence-corrected chi connectivity index (χ0v) is 15.6. The minimum Gasteiger partial charge on any atom is -0.348 e. The molecule has 1 amide bonds. The second-order valence-corrected chi connectivity index (χ2v) is 7.46. The van der Waals surface area contributed by atoms with Gasteiger partial charge in [0.2, 0.25) is 11.7 Å². The molecule has 0 spiro atoms. The van der Waals surface area contributed by atoms with Crippen LogP contribution in [0, 0.1) is 10.1 Å². The Bertz CT molecular complexity index is 989. The van der Waals surface area contributed by atoms with Gasteiger partial charge in [-0.05, 0) is 47.4 Å². The molecule has 27 heavy (non-hydrogen) atoms. The lowest BCUT2D eigenvalue weighted by Crippen LogP contribution is -2.19. The topological polar surface area (TPSA) is 89.3 Å². The number of carbonyl (C=O) groups is 2. The Balaban J connectivity index is 1.53. The fourth-order valence-electron chi connectivity index (χ4n) is 2.24. The summed E-state index contributed by atoms with van der Waals surface area (Å²) in [4.78, 5) is 35.8. The van der Waals surface area contributed by atoms with Gasteiger partial charge >= 0.3 is 0 Å². The van der Waals surface area contributed by atoms with Crippen LogP contribution in [0.1, 0.15) is 25.7 Å². The summed E-state index contributed by atoms with van der Waals surface area (Å²) < 4.78 is 0. The van der Waals surface area contributed by atoms with Crippen molar-refractivity contribution in [1.82, 2.24) is 5.32 Å². The number of nitro benzene ring substituents is 1. The molecule has 136 valence electrons. The second-order valence-electron chi connectivity index (χ2n) is 5.51. The van der Waals surface area contributed by atoms with Crippen molar-refractivity contribution < 1.29 is 14.5 Å². The highest BCUT2D eigenvalue weighted by molar-refractivity contribution is 7.14. The van der Waals surface area contributed by atoms with Crippen molar-refractivity contribution in [3.63, 3.8) is 0 Å². The minimum atomic E-state index is -0.474. The minimum absolute atomic E-state index is 0.00194. The summed E-state index contributed by atoms with van der Waals surface area (Å²) in [6.45, 7) is 0.324. The van der Waals surface area contributed by atoms with E-state index in [9.17, 15) is 19.7 Å². The van der Waals surface area contributed by atoms with Crippen LogP contribution in [0.3, 0.4) is 0 Å². The van der Waals surface area contributed by atoms with Gasteiger partial charge in [0.25, 0.3) is 5.69 Å². The molecule has 2 heterocycles. The van der Waals surface area contributed by atoms with Gasteiger partial charge in [-0.15, -0.1) is 11.3 Å². The number of hydrogen-bond donors (Lipinski definition) is 1. The van der Waals surface area contributed by atoms with Crippen molar-refractivity contribution in [2.75, 3.05) is 0 Å². The number of amides is 1. The SMILES string of the molecule is O=C(/C=C/c1ccc([N+](=O)[O-])cc1)NCc1ccc(C(=O)c2ccsc2)s1. The first kappa shape index (κ1) is 18.7. The van der Waals surface area contributed by atoms with E-state index >= 15 is 0 Å². The molecule has 0 bridgehead atoms. The Morgan fingerprint density at radius 1 is 1.11 bits per heavy atom. The van der Waals surface area contributed by atoms with Crippen LogP contribution in [0.5, 0.6) is 0 Å². The molecule has 0 unspecified atom stereocenters. The van der Waals surface area contributed by atoms with Crippen molar-refractivity contribution in [2.24, 2.45) is 0 Å². The van der Waals surface area contributed by atoms with E-state index in [4.69, 9.17) is 0 Å². The van der Waals surface area contributed by atoms with Crippen LogP contribution < -0.4 is 5.32 Å². The fourth-order valence-corrected chi connectivity index (χ4v) is 3.79. The maximum Gasteiger partial charge on any atom is 0.269 e. The van der Waals surface area contributed by atoms with E-state index in [1.807, 2.05) is 16.8 Å². The normalized spacial score (nSPS) is 10.8. The molecule has 3 aromatic rings. The lowest BCUT2D eigenvalue weighted by Gasteiger charge is -1.99. The summed E-state index contributed by atoms with van der Waals surface area (Å²) in [6, 6.07) is 11.3. The van der Waals surface area contributed by atoms with E-state index in [1.54, 1.807) is 30.3 Å². The number of nitrogens with zero attached hydrogens (tertiary/aromatic N) is 1. The van der Waals surface area contributed by atoms with Crippen LogP contribution in [-0.4, -0.2) is 16.6 Å². The number of nitrogens with one attached hydrogen (secondary N) is 1. The molecule has 0 aliphatic heterocycles. The summed E-state index contributed by atoms with van der Waals surface area (Å²) in [5.74, 6) is -0.302. The van der Waals surface area contributed by atoms with Gasteiger partial charge in [-0.1, -0.05) is 0 Å². The summed E-state index contributed by atoms with van der Waals surface area (Å²) in [5, 5.41) is 17.0. The van der Waals surface area contributed by atoms with Gasteiger partial charge in [0.1, 0.15) is 0 Å². The van der Waals surface area contributed by atoms with Crippen LogP contribution in [0.4, 0.5) is 5.69 Å². The first-order valence-electron chi connectivity index (χ1n) is 7.89. The van der Waals surface area contributed by atoms with Gasteiger partial charge in [-0.2, -0.15) is 11.3 Å². The number of carbonyl (C=O) groups excluding carboxylic acids is 2. The smallest absolute Gasteiger partial charge is 0.269 e. The molecule has 1 aromatic carbocycles. The molecular formula is C19H14N2O4S2. The largest absolute Gasteiger partial charge is 0.348 e. The molecule has 0 aliphatic rings. The van der Waals surface area contributed by atoms with Crippen molar-refractivity contribution in [2.45, 2.75) is 6.54 Å². The predicted octanol–water partition coefficient (Wildman–Crippen LogP) is 4.28. The Labute approximate surface area is 162 Å². The lowest BCUT2D eigenvalue weighted by molar-refractivity contribution is -0.384. The third-order valence-electron chi connectivity index (χ3n) is 3.64. The zero-order valence-electron chi connectivity index (χ0n) is 14.0. The summed E-state index contributed by atoms with van der Waals surface area (Å²) in [7, 11) is 0. The summed E-state index contributed by atoms with van der Waals surface area (Å²) in [6.07, 6.45) is 2.95. The van der Waals surface area contributed by atoms with Crippen LogP contribution in [0.15, 0.2) is 59.3 Å². The average molecular weight is 398 g/mol. The van der Waals surface area contributed by atoms with E-state index in [1.165, 1.54) is 40.9 Å². The average Bonchev–Trinajstić information content (AvgIpc) is 3.36. The first-order chi connectivity index (χ1) is 13.0. The Morgan fingerprint density at radius 3 is 2.56 bits per heavy atom. The lowest BCUT2D eigenvalue weighted by atomic mass is 10.2. The highest BCUT2D eigenvalue weighted by Crippen LogP contribution is 2.21. The van der Waals surface area contributed by atoms with Gasteiger partial charge in [-0.25, -0.2) is 0 Å². The quantitative estimate of drug-likeness (QED) is 0.278. The molecule has 8 heteroatoms. The molecule has 0 fully saturated rings. The van der Waals surface area contributed by atoms with Gasteiger partial charge in [0.05, 0.1) is 16.3 Å². The maximum absolute atomic E-state index is 12.3. The van der Waals surface area contributed by atoms with Crippen molar-refractivity contribution in [3.8, 4) is 0 Å². The van der Waals surface area contributed by atoms with E-state index in [-0.39, 0.29) is 17.4 Å². The van der Waals surface area contributed by atoms with Crippen LogP contribution in [-0.2, 0) is 11.3 Å². The Morgan fingerprint density at radius 2 is 1.89 bits per heavy atom. The first-order valence-corrected chi connectivity index (χ1v) is 9.65. The molecule has 0 aliphatic carbocycles. The highest BCUT2D eigenvalue weighted by Gasteiger charge is 2.12. The number of thiophene rings is 2. The summed E-state index contributed by atoms with van der Waals surface area (Å²) >= 11 is 2.83. The second kappa shape index (κ2) is 8.52. The number of non-ortho nitro benzene ring substituents is 1. The van der Waals surface area contributed by atoms with Gasteiger partial charge in [0.15, 0.2) is 0 Å². The molecule has 2 aromatic heterocycles. The zero-order chi connectivity index (χ0) is 19.2. The molecule has 0 radical (unpaired) electrons. The number of ketones is 1. The molecule has 0 saturated heterocycles. The Kier molecular flexibility index (Phi) is 5.90. The molecule has 3 rings (SSSR count). The molecule has 6 nitrogen and oxygen atoms in total. The molecule has 0 saturated carbocycles. The van der Waals surface area contributed by atoms with E-state index < -0.39 is 4.92 Å². The van der Waals surface area contributed by atoms with E-state index in [0.717, 1.165) is 4.88 Å². The van der Waals surface area contributed by atoms with Crippen LogP contribution >= 0.6 is 22.7 Å². The van der Waals surface area contributed by atoms with Gasteiger partial charge in [0, 0.05) is 34.0 Å². The standard InChI is InChI=1S/C19H14N2O4S2/c22-18(8-3-13-1-4-15(5-2-13)21(24)25)20-11-16-6-7-17(27-16)19(23)14-9-10-26-12-14/h1-10,12H,11H2,(H,20,22)/b8-3+. The van der Waals surface area contributed by atoms with Crippen LogP contribution in [0.25, 0.3) is 6.08 Å². The van der Waals surface area contributed by atoms with Gasteiger partial charge in [-0.3, -0.25) is 19.7 Å². The Hall–Kier alpha value is -3.10. The van der Waals surface area contributed by atoms with Crippen LogP contribution in [0.2, 0.25) is 0 Å². The van der Waals surface area contributed by atoms with Crippen molar-refractivity contribution in [3.05, 3.63) is 90.3 Å². The number of nitro groups is 1. The fraction of sp³-hybridized carbons (Fsp3) is 0.0526.